The minimum atomic E-state index is -0.391. The van der Waals surface area contributed by atoms with Crippen molar-refractivity contribution in [1.82, 2.24) is 0 Å². The van der Waals surface area contributed by atoms with E-state index in [1.807, 2.05) is 42.5 Å². The van der Waals surface area contributed by atoms with E-state index in [0.29, 0.717) is 5.56 Å². The molecule has 0 bridgehead atoms. The molecule has 0 radical (unpaired) electrons. The second-order valence-corrected chi connectivity index (χ2v) is 6.09. The highest BCUT2D eigenvalue weighted by molar-refractivity contribution is 5.89. The van der Waals surface area contributed by atoms with Gasteiger partial charge < -0.3 is 9.47 Å². The molecule has 3 aromatic rings. The van der Waals surface area contributed by atoms with Crippen molar-refractivity contribution in [3.8, 4) is 11.1 Å². The lowest BCUT2D eigenvalue weighted by molar-refractivity contribution is -0.144. The van der Waals surface area contributed by atoms with Crippen LogP contribution in [0.25, 0.3) is 11.1 Å². The Bertz CT molecular complexity index is 897. The normalized spacial score (nSPS) is 10.3. The Labute approximate surface area is 158 Å². The minimum Gasteiger partial charge on any atom is -0.465 e. The first-order valence-corrected chi connectivity index (χ1v) is 8.63. The summed E-state index contributed by atoms with van der Waals surface area (Å²) in [6.07, 6.45) is 0.218. The van der Waals surface area contributed by atoms with Crippen molar-refractivity contribution < 1.29 is 19.1 Å². The maximum absolute atomic E-state index is 12.1. The zero-order valence-corrected chi connectivity index (χ0v) is 15.1. The molecule has 3 rings (SSSR count). The smallest absolute Gasteiger partial charge is 0.337 e. The summed E-state index contributed by atoms with van der Waals surface area (Å²) in [5.41, 5.74) is 4.43. The molecule has 0 unspecified atom stereocenters. The molecule has 0 saturated carbocycles. The fourth-order valence-corrected chi connectivity index (χ4v) is 2.68. The molecule has 0 N–H and O–H groups in total. The Morgan fingerprint density at radius 1 is 0.741 bits per heavy atom. The monoisotopic (exact) mass is 360 g/mol. The maximum atomic E-state index is 12.1. The molecule has 0 aliphatic rings. The second-order valence-electron chi connectivity index (χ2n) is 6.09. The molecule has 0 fully saturated rings. The summed E-state index contributed by atoms with van der Waals surface area (Å²) >= 11 is 0. The predicted molar refractivity (Wildman–Crippen MR) is 103 cm³/mol. The molecule has 0 heterocycles. The van der Waals surface area contributed by atoms with Crippen LogP contribution < -0.4 is 0 Å². The molecular formula is C23H20O4. The molecule has 0 aromatic heterocycles. The van der Waals surface area contributed by atoms with Gasteiger partial charge in [-0.25, -0.2) is 4.79 Å². The van der Waals surface area contributed by atoms with E-state index >= 15 is 0 Å². The minimum absolute atomic E-state index is 0.169. The molecule has 27 heavy (non-hydrogen) atoms. The van der Waals surface area contributed by atoms with E-state index in [2.05, 4.69) is 16.9 Å². The summed E-state index contributed by atoms with van der Waals surface area (Å²) in [5.74, 6) is -0.683. The fourth-order valence-electron chi connectivity index (χ4n) is 2.68. The van der Waals surface area contributed by atoms with E-state index in [9.17, 15) is 9.59 Å². The largest absolute Gasteiger partial charge is 0.465 e. The average molecular weight is 360 g/mol. The van der Waals surface area contributed by atoms with Gasteiger partial charge in [0.25, 0.3) is 0 Å². The lowest BCUT2D eigenvalue weighted by Gasteiger charge is -2.07. The Morgan fingerprint density at radius 3 is 1.96 bits per heavy atom. The topological polar surface area (TPSA) is 52.6 Å². The lowest BCUT2D eigenvalue weighted by atomic mass is 10.0. The Hall–Kier alpha value is -3.40. The highest BCUT2D eigenvalue weighted by atomic mass is 16.5. The van der Waals surface area contributed by atoms with Crippen LogP contribution in [0.5, 0.6) is 0 Å². The van der Waals surface area contributed by atoms with Crippen LogP contribution in [0.15, 0.2) is 78.9 Å². The third-order valence-electron chi connectivity index (χ3n) is 4.18. The van der Waals surface area contributed by atoms with Gasteiger partial charge in [-0.3, -0.25) is 4.79 Å². The van der Waals surface area contributed by atoms with Gasteiger partial charge in [-0.15, -0.1) is 0 Å². The van der Waals surface area contributed by atoms with Crippen molar-refractivity contribution >= 4 is 11.9 Å². The molecule has 0 saturated heterocycles. The highest BCUT2D eigenvalue weighted by Crippen LogP contribution is 2.19. The maximum Gasteiger partial charge on any atom is 0.337 e. The van der Waals surface area contributed by atoms with Crippen molar-refractivity contribution in [2.24, 2.45) is 0 Å². The van der Waals surface area contributed by atoms with Crippen molar-refractivity contribution in [3.05, 3.63) is 95.6 Å². The van der Waals surface area contributed by atoms with Gasteiger partial charge >= 0.3 is 11.9 Å². The highest BCUT2D eigenvalue weighted by Gasteiger charge is 2.08. The first-order valence-electron chi connectivity index (χ1n) is 8.63. The number of esters is 2. The van der Waals surface area contributed by atoms with Crippen molar-refractivity contribution in [2.45, 2.75) is 13.0 Å². The Morgan fingerprint density at radius 2 is 1.33 bits per heavy atom. The molecule has 0 aliphatic heterocycles. The van der Waals surface area contributed by atoms with Crippen LogP contribution >= 0.6 is 0 Å². The van der Waals surface area contributed by atoms with Crippen LogP contribution in [0.1, 0.15) is 21.5 Å². The second kappa shape index (κ2) is 8.81. The van der Waals surface area contributed by atoms with Crippen molar-refractivity contribution in [1.29, 1.82) is 0 Å². The Kier molecular flexibility index (Phi) is 6.00. The lowest BCUT2D eigenvalue weighted by Crippen LogP contribution is -2.08. The van der Waals surface area contributed by atoms with E-state index in [1.54, 1.807) is 24.3 Å². The van der Waals surface area contributed by atoms with E-state index in [4.69, 9.17) is 4.74 Å². The fraction of sp³-hybridized carbons (Fsp3) is 0.130. The van der Waals surface area contributed by atoms with Crippen LogP contribution in [-0.4, -0.2) is 19.0 Å². The van der Waals surface area contributed by atoms with Crippen molar-refractivity contribution in [2.75, 3.05) is 7.11 Å². The summed E-state index contributed by atoms with van der Waals surface area (Å²) in [6.45, 7) is 0.169. The quantitative estimate of drug-likeness (QED) is 0.611. The van der Waals surface area contributed by atoms with Gasteiger partial charge in [0.05, 0.1) is 19.1 Å². The molecule has 0 spiro atoms. The van der Waals surface area contributed by atoms with E-state index in [-0.39, 0.29) is 19.0 Å². The van der Waals surface area contributed by atoms with E-state index in [0.717, 1.165) is 22.3 Å². The number of hydrogen-bond acceptors (Lipinski definition) is 4. The summed E-state index contributed by atoms with van der Waals surface area (Å²) in [7, 11) is 1.34. The zero-order valence-electron chi connectivity index (χ0n) is 15.1. The molecule has 0 atom stereocenters. The van der Waals surface area contributed by atoms with Gasteiger partial charge in [0.2, 0.25) is 0 Å². The number of carbonyl (C=O) groups excluding carboxylic acids is 2. The third kappa shape index (κ3) is 5.05. The van der Waals surface area contributed by atoms with Crippen LogP contribution in [-0.2, 0) is 27.3 Å². The summed E-state index contributed by atoms with van der Waals surface area (Å²) in [5, 5.41) is 0. The van der Waals surface area contributed by atoms with Crippen molar-refractivity contribution in [3.63, 3.8) is 0 Å². The number of carbonyl (C=O) groups is 2. The third-order valence-corrected chi connectivity index (χ3v) is 4.18. The molecule has 4 heteroatoms. The van der Waals surface area contributed by atoms with Crippen LogP contribution in [0.4, 0.5) is 0 Å². The number of hydrogen-bond donors (Lipinski definition) is 0. The number of ether oxygens (including phenoxy) is 2. The van der Waals surface area contributed by atoms with Gasteiger partial charge in [-0.1, -0.05) is 66.7 Å². The van der Waals surface area contributed by atoms with Crippen LogP contribution in [0, 0.1) is 0 Å². The van der Waals surface area contributed by atoms with Gasteiger partial charge in [0.15, 0.2) is 0 Å². The van der Waals surface area contributed by atoms with E-state index < -0.39 is 5.97 Å². The van der Waals surface area contributed by atoms with E-state index in [1.165, 1.54) is 7.11 Å². The SMILES string of the molecule is COC(=O)c1ccc(COC(=O)Cc2ccc(-c3ccccc3)cc2)cc1. The van der Waals surface area contributed by atoms with Crippen LogP contribution in [0.3, 0.4) is 0 Å². The van der Waals surface area contributed by atoms with Gasteiger partial charge in [0.1, 0.15) is 6.61 Å². The average Bonchev–Trinajstić information content (AvgIpc) is 2.73. The van der Waals surface area contributed by atoms with Crippen LogP contribution in [0.2, 0.25) is 0 Å². The first kappa shape index (κ1) is 18.4. The molecule has 136 valence electrons. The molecule has 0 amide bonds. The summed E-state index contributed by atoms with van der Waals surface area (Å²) < 4.78 is 9.97. The number of benzene rings is 3. The first-order chi connectivity index (χ1) is 13.2. The van der Waals surface area contributed by atoms with Gasteiger partial charge in [-0.05, 0) is 34.4 Å². The zero-order chi connectivity index (χ0) is 19.1. The number of methoxy groups -OCH3 is 1. The molecular weight excluding hydrogens is 340 g/mol. The van der Waals surface area contributed by atoms with Gasteiger partial charge in [0, 0.05) is 0 Å². The standard InChI is InChI=1S/C23H20O4/c1-26-23(25)21-13-9-18(10-14-21)16-27-22(24)15-17-7-11-20(12-8-17)19-5-3-2-4-6-19/h2-14H,15-16H2,1H3. The Balaban J connectivity index is 1.52. The summed E-state index contributed by atoms with van der Waals surface area (Å²) in [4.78, 5) is 23.5. The number of rotatable bonds is 6. The molecule has 0 aliphatic carbocycles. The van der Waals surface area contributed by atoms with Gasteiger partial charge in [-0.2, -0.15) is 0 Å². The predicted octanol–water partition coefficient (Wildman–Crippen LogP) is 4.43. The molecule has 4 nitrogen and oxygen atoms in total. The molecule has 3 aromatic carbocycles. The summed E-state index contributed by atoms with van der Waals surface area (Å²) in [6, 6.07) is 24.8.